The standard InChI is InChI=1S/C22H30BrN5O2.ClH/c1-26(2)22(29)18-6-4-9-24-21(18)25-10-5-11-27-12-14-28(15-13-27)19-8-7-17(23)16-20(19)30-3;/h4,6-9,16H,5,10-15H2,1-3H3,(H,24,25);1H. The van der Waals surface area contributed by atoms with Crippen molar-refractivity contribution in [3.63, 3.8) is 0 Å². The molecule has 0 spiro atoms. The summed E-state index contributed by atoms with van der Waals surface area (Å²) in [6.45, 7) is 5.80. The van der Waals surface area contributed by atoms with Gasteiger partial charge in [0.15, 0.2) is 0 Å². The summed E-state index contributed by atoms with van der Waals surface area (Å²) < 4.78 is 6.57. The number of rotatable bonds is 8. The van der Waals surface area contributed by atoms with Gasteiger partial charge in [-0.15, -0.1) is 12.4 Å². The molecule has 9 heteroatoms. The quantitative estimate of drug-likeness (QED) is 0.546. The number of nitrogens with zero attached hydrogens (tertiary/aromatic N) is 4. The van der Waals surface area contributed by atoms with Crippen LogP contribution < -0.4 is 15.0 Å². The second kappa shape index (κ2) is 12.1. The molecule has 1 fully saturated rings. The largest absolute Gasteiger partial charge is 0.495 e. The summed E-state index contributed by atoms with van der Waals surface area (Å²) in [5.74, 6) is 1.52. The minimum atomic E-state index is -0.0370. The van der Waals surface area contributed by atoms with E-state index < -0.39 is 0 Å². The summed E-state index contributed by atoms with van der Waals surface area (Å²) in [6.07, 6.45) is 2.71. The van der Waals surface area contributed by atoms with E-state index in [-0.39, 0.29) is 18.3 Å². The topological polar surface area (TPSA) is 60.9 Å². The van der Waals surface area contributed by atoms with Gasteiger partial charge < -0.3 is 19.9 Å². The van der Waals surface area contributed by atoms with Crippen LogP contribution in [0.2, 0.25) is 0 Å². The lowest BCUT2D eigenvalue weighted by Crippen LogP contribution is -2.47. The molecule has 0 aliphatic carbocycles. The fourth-order valence-corrected chi connectivity index (χ4v) is 3.93. The zero-order chi connectivity index (χ0) is 21.5. The molecule has 1 N–H and O–H groups in total. The molecule has 1 aliphatic rings. The van der Waals surface area contributed by atoms with Crippen LogP contribution in [0.25, 0.3) is 0 Å². The minimum Gasteiger partial charge on any atom is -0.495 e. The Morgan fingerprint density at radius 2 is 1.97 bits per heavy atom. The first-order valence-electron chi connectivity index (χ1n) is 10.2. The van der Waals surface area contributed by atoms with Gasteiger partial charge in [-0.25, -0.2) is 4.98 Å². The maximum absolute atomic E-state index is 12.3. The van der Waals surface area contributed by atoms with Gasteiger partial charge in [-0.2, -0.15) is 0 Å². The van der Waals surface area contributed by atoms with Crippen LogP contribution in [-0.4, -0.2) is 81.2 Å². The van der Waals surface area contributed by atoms with E-state index in [9.17, 15) is 4.79 Å². The lowest BCUT2D eigenvalue weighted by atomic mass is 10.2. The first kappa shape index (κ1) is 25.2. The number of carbonyl (C=O) groups excluding carboxylic acids is 1. The maximum Gasteiger partial charge on any atom is 0.257 e. The van der Waals surface area contributed by atoms with Gasteiger partial charge in [0.05, 0.1) is 18.4 Å². The van der Waals surface area contributed by atoms with Crippen molar-refractivity contribution in [1.29, 1.82) is 0 Å². The van der Waals surface area contributed by atoms with Gasteiger partial charge >= 0.3 is 0 Å². The normalized spacial score (nSPS) is 14.0. The summed E-state index contributed by atoms with van der Waals surface area (Å²) in [5.41, 5.74) is 1.76. The summed E-state index contributed by atoms with van der Waals surface area (Å²) in [7, 11) is 5.22. The first-order valence-corrected chi connectivity index (χ1v) is 11.0. The predicted octanol–water partition coefficient (Wildman–Crippen LogP) is 3.60. The molecule has 2 heterocycles. The molecule has 1 aromatic carbocycles. The number of nitrogens with one attached hydrogen (secondary N) is 1. The van der Waals surface area contributed by atoms with Crippen LogP contribution in [0.1, 0.15) is 16.8 Å². The first-order chi connectivity index (χ1) is 14.5. The minimum absolute atomic E-state index is 0. The lowest BCUT2D eigenvalue weighted by molar-refractivity contribution is 0.0828. The monoisotopic (exact) mass is 511 g/mol. The van der Waals surface area contributed by atoms with Crippen molar-refractivity contribution in [2.45, 2.75) is 6.42 Å². The highest BCUT2D eigenvalue weighted by molar-refractivity contribution is 9.10. The average Bonchev–Trinajstić information content (AvgIpc) is 2.77. The van der Waals surface area contributed by atoms with E-state index in [1.165, 1.54) is 0 Å². The van der Waals surface area contributed by atoms with Gasteiger partial charge in [0.25, 0.3) is 5.91 Å². The van der Waals surface area contributed by atoms with Crippen molar-refractivity contribution >= 4 is 45.7 Å². The van der Waals surface area contributed by atoms with E-state index in [4.69, 9.17) is 4.74 Å². The molecule has 0 unspecified atom stereocenters. The number of piperazine rings is 1. The van der Waals surface area contributed by atoms with Crippen LogP contribution in [0.15, 0.2) is 41.0 Å². The Morgan fingerprint density at radius 3 is 2.65 bits per heavy atom. The number of hydrogen-bond donors (Lipinski definition) is 1. The number of amides is 1. The third-order valence-electron chi connectivity index (χ3n) is 5.24. The zero-order valence-corrected chi connectivity index (χ0v) is 20.7. The molecule has 0 bridgehead atoms. The third kappa shape index (κ3) is 6.72. The van der Waals surface area contributed by atoms with Crippen LogP contribution in [-0.2, 0) is 0 Å². The number of pyridine rings is 1. The van der Waals surface area contributed by atoms with Crippen molar-refractivity contribution in [2.75, 3.05) is 70.7 Å². The number of hydrogen-bond acceptors (Lipinski definition) is 6. The van der Waals surface area contributed by atoms with E-state index in [1.807, 2.05) is 12.1 Å². The molecule has 31 heavy (non-hydrogen) atoms. The van der Waals surface area contributed by atoms with Crippen molar-refractivity contribution in [2.24, 2.45) is 0 Å². The van der Waals surface area contributed by atoms with Crippen molar-refractivity contribution in [1.82, 2.24) is 14.8 Å². The number of halogens is 2. The van der Waals surface area contributed by atoms with E-state index in [0.29, 0.717) is 11.4 Å². The van der Waals surface area contributed by atoms with Crippen LogP contribution in [0, 0.1) is 0 Å². The van der Waals surface area contributed by atoms with Crippen molar-refractivity contribution in [3.8, 4) is 5.75 Å². The Kier molecular flexibility index (Phi) is 9.87. The molecule has 1 aromatic heterocycles. The highest BCUT2D eigenvalue weighted by atomic mass is 79.9. The van der Waals surface area contributed by atoms with Crippen LogP contribution in [0.5, 0.6) is 5.75 Å². The lowest BCUT2D eigenvalue weighted by Gasteiger charge is -2.36. The van der Waals surface area contributed by atoms with E-state index in [2.05, 4.69) is 48.2 Å². The van der Waals surface area contributed by atoms with Gasteiger partial charge in [0.1, 0.15) is 11.6 Å². The highest BCUT2D eigenvalue weighted by Crippen LogP contribution is 2.31. The summed E-state index contributed by atoms with van der Waals surface area (Å²) >= 11 is 3.50. The number of benzene rings is 1. The molecule has 0 radical (unpaired) electrons. The number of carbonyl (C=O) groups is 1. The average molecular weight is 513 g/mol. The third-order valence-corrected chi connectivity index (χ3v) is 5.74. The second-order valence-electron chi connectivity index (χ2n) is 7.52. The molecule has 170 valence electrons. The van der Waals surface area contributed by atoms with E-state index in [0.717, 1.165) is 61.6 Å². The number of ether oxygens (including phenoxy) is 1. The Labute approximate surface area is 199 Å². The summed E-state index contributed by atoms with van der Waals surface area (Å²) in [5, 5.41) is 3.33. The number of methoxy groups -OCH3 is 1. The molecule has 2 aromatic rings. The Hall–Kier alpha value is -2.03. The van der Waals surface area contributed by atoms with Gasteiger partial charge in [-0.3, -0.25) is 9.69 Å². The second-order valence-corrected chi connectivity index (χ2v) is 8.44. The van der Waals surface area contributed by atoms with Gasteiger partial charge in [0, 0.05) is 57.5 Å². The smallest absolute Gasteiger partial charge is 0.257 e. The predicted molar refractivity (Wildman–Crippen MR) is 132 cm³/mol. The van der Waals surface area contributed by atoms with Crippen LogP contribution in [0.3, 0.4) is 0 Å². The van der Waals surface area contributed by atoms with E-state index in [1.54, 1.807) is 38.4 Å². The molecule has 3 rings (SSSR count). The number of anilines is 2. The Balaban J connectivity index is 0.00000341. The fourth-order valence-electron chi connectivity index (χ4n) is 3.59. The van der Waals surface area contributed by atoms with Gasteiger partial charge in [0.2, 0.25) is 0 Å². The highest BCUT2D eigenvalue weighted by Gasteiger charge is 2.20. The van der Waals surface area contributed by atoms with Gasteiger partial charge in [-0.05, 0) is 43.3 Å². The molecule has 0 saturated carbocycles. The van der Waals surface area contributed by atoms with Crippen LogP contribution in [0.4, 0.5) is 11.5 Å². The zero-order valence-electron chi connectivity index (χ0n) is 18.3. The molecule has 1 amide bonds. The molecule has 0 atom stereocenters. The Bertz CT molecular complexity index is 860. The molecule has 1 saturated heterocycles. The summed E-state index contributed by atoms with van der Waals surface area (Å²) in [6, 6.07) is 9.79. The molecule has 1 aliphatic heterocycles. The van der Waals surface area contributed by atoms with Gasteiger partial charge in [-0.1, -0.05) is 15.9 Å². The number of aromatic nitrogens is 1. The van der Waals surface area contributed by atoms with Crippen molar-refractivity contribution in [3.05, 3.63) is 46.6 Å². The SMILES string of the molecule is COc1cc(Br)ccc1N1CCN(CCCNc2ncccc2C(=O)N(C)C)CC1.Cl. The molecular weight excluding hydrogens is 482 g/mol. The molecular formula is C22H31BrClN5O2. The fraction of sp³-hybridized carbons (Fsp3) is 0.455. The van der Waals surface area contributed by atoms with Crippen molar-refractivity contribution < 1.29 is 9.53 Å². The van der Waals surface area contributed by atoms with Crippen LogP contribution >= 0.6 is 28.3 Å². The molecule has 7 nitrogen and oxygen atoms in total. The van der Waals surface area contributed by atoms with E-state index >= 15 is 0 Å². The Morgan fingerprint density at radius 1 is 1.23 bits per heavy atom. The summed E-state index contributed by atoms with van der Waals surface area (Å²) in [4.78, 5) is 23.1. The maximum atomic E-state index is 12.3.